The van der Waals surface area contributed by atoms with Crippen LogP contribution in [-0.2, 0) is 4.79 Å². The van der Waals surface area contributed by atoms with Crippen LogP contribution in [0.25, 0.3) is 0 Å². The van der Waals surface area contributed by atoms with Gasteiger partial charge in [-0.1, -0.05) is 6.92 Å². The van der Waals surface area contributed by atoms with Crippen molar-refractivity contribution in [3.63, 3.8) is 0 Å². The van der Waals surface area contributed by atoms with Crippen molar-refractivity contribution in [1.29, 1.82) is 0 Å². The van der Waals surface area contributed by atoms with Crippen molar-refractivity contribution in [2.75, 3.05) is 6.61 Å². The molecule has 0 unspecified atom stereocenters. The molecule has 0 spiro atoms. The van der Waals surface area contributed by atoms with E-state index in [1.54, 1.807) is 0 Å². The Kier molecular flexibility index (Phi) is 2.49. The number of rotatable bonds is 4. The summed E-state index contributed by atoms with van der Waals surface area (Å²) < 4.78 is 0. The topological polar surface area (TPSA) is 49.3 Å². The minimum absolute atomic E-state index is 0.0686. The van der Waals surface area contributed by atoms with Gasteiger partial charge in [-0.05, 0) is 19.3 Å². The lowest BCUT2D eigenvalue weighted by atomic mass is 10.2. The quantitative estimate of drug-likeness (QED) is 0.621. The normalized spacial score (nSPS) is 19.5. The van der Waals surface area contributed by atoms with Gasteiger partial charge in [-0.3, -0.25) is 4.79 Å². The van der Waals surface area contributed by atoms with Gasteiger partial charge in [0.15, 0.2) is 0 Å². The predicted molar refractivity (Wildman–Crippen MR) is 42.1 cm³/mol. The number of carbonyl (C=O) groups is 1. The molecule has 0 aliphatic heterocycles. The number of aliphatic hydroxyl groups excluding tert-OH is 1. The average molecular weight is 157 g/mol. The largest absolute Gasteiger partial charge is 0.394 e. The number of nitrogens with one attached hydrogen (secondary N) is 1. The van der Waals surface area contributed by atoms with Gasteiger partial charge in [0, 0.05) is 6.42 Å². The molecule has 3 heteroatoms. The Morgan fingerprint density at radius 3 is 2.64 bits per heavy atom. The molecule has 3 nitrogen and oxygen atoms in total. The minimum atomic E-state index is -0.230. The molecule has 1 aliphatic carbocycles. The van der Waals surface area contributed by atoms with Crippen molar-refractivity contribution in [3.05, 3.63) is 0 Å². The summed E-state index contributed by atoms with van der Waals surface area (Å²) in [6.45, 7) is 2.06. The molecular weight excluding hydrogens is 142 g/mol. The summed E-state index contributed by atoms with van der Waals surface area (Å²) in [4.78, 5) is 11.0. The zero-order valence-corrected chi connectivity index (χ0v) is 6.89. The van der Waals surface area contributed by atoms with Crippen LogP contribution in [0.2, 0.25) is 0 Å². The summed E-state index contributed by atoms with van der Waals surface area (Å²) in [6.07, 6.45) is 3.30. The SMILES string of the molecule is CCCC(=O)NC1(CO)CC1. The van der Waals surface area contributed by atoms with Crippen molar-refractivity contribution in [2.45, 2.75) is 38.1 Å². The van der Waals surface area contributed by atoms with Gasteiger partial charge in [0.05, 0.1) is 12.1 Å². The summed E-state index contributed by atoms with van der Waals surface area (Å²) >= 11 is 0. The minimum Gasteiger partial charge on any atom is -0.394 e. The average Bonchev–Trinajstić information content (AvgIpc) is 2.70. The highest BCUT2D eigenvalue weighted by Crippen LogP contribution is 2.34. The summed E-state index contributed by atoms with van der Waals surface area (Å²) in [6, 6.07) is 0. The van der Waals surface area contributed by atoms with Gasteiger partial charge in [0.2, 0.25) is 5.91 Å². The summed E-state index contributed by atoms with van der Waals surface area (Å²) in [5.74, 6) is 0.0686. The molecule has 0 atom stereocenters. The smallest absolute Gasteiger partial charge is 0.220 e. The van der Waals surface area contributed by atoms with Gasteiger partial charge in [-0.2, -0.15) is 0 Å². The first kappa shape index (κ1) is 8.53. The molecule has 1 saturated carbocycles. The Balaban J connectivity index is 2.24. The van der Waals surface area contributed by atoms with Crippen LogP contribution >= 0.6 is 0 Å². The second kappa shape index (κ2) is 3.22. The van der Waals surface area contributed by atoms with E-state index in [4.69, 9.17) is 5.11 Å². The third kappa shape index (κ3) is 2.19. The molecule has 1 rings (SSSR count). The summed E-state index contributed by atoms with van der Waals surface area (Å²) in [5.41, 5.74) is -0.230. The third-order valence-electron chi connectivity index (χ3n) is 2.04. The molecule has 0 aromatic heterocycles. The van der Waals surface area contributed by atoms with E-state index in [0.29, 0.717) is 6.42 Å². The zero-order chi connectivity index (χ0) is 8.32. The lowest BCUT2D eigenvalue weighted by Crippen LogP contribution is -2.39. The van der Waals surface area contributed by atoms with Gasteiger partial charge < -0.3 is 10.4 Å². The maximum Gasteiger partial charge on any atom is 0.220 e. The van der Waals surface area contributed by atoms with Crippen molar-refractivity contribution in [1.82, 2.24) is 5.32 Å². The molecule has 0 heterocycles. The maximum absolute atomic E-state index is 11.0. The van der Waals surface area contributed by atoms with Crippen LogP contribution in [0.1, 0.15) is 32.6 Å². The molecule has 0 radical (unpaired) electrons. The monoisotopic (exact) mass is 157 g/mol. The number of amides is 1. The van der Waals surface area contributed by atoms with Crippen LogP contribution in [0.15, 0.2) is 0 Å². The molecular formula is C8H15NO2. The summed E-state index contributed by atoms with van der Waals surface area (Å²) in [7, 11) is 0. The van der Waals surface area contributed by atoms with Crippen LogP contribution in [-0.4, -0.2) is 23.2 Å². The summed E-state index contributed by atoms with van der Waals surface area (Å²) in [5, 5.41) is 11.7. The highest BCUT2D eigenvalue weighted by Gasteiger charge is 2.43. The molecule has 0 aromatic rings. The highest BCUT2D eigenvalue weighted by atomic mass is 16.3. The van der Waals surface area contributed by atoms with E-state index < -0.39 is 0 Å². The predicted octanol–water partition coefficient (Wildman–Crippen LogP) is 0.428. The molecule has 11 heavy (non-hydrogen) atoms. The molecule has 0 aromatic carbocycles. The molecule has 1 fully saturated rings. The van der Waals surface area contributed by atoms with E-state index in [9.17, 15) is 4.79 Å². The van der Waals surface area contributed by atoms with Crippen LogP contribution in [0.5, 0.6) is 0 Å². The lowest BCUT2D eigenvalue weighted by molar-refractivity contribution is -0.122. The maximum atomic E-state index is 11.0. The molecule has 1 amide bonds. The van der Waals surface area contributed by atoms with Gasteiger partial charge in [-0.15, -0.1) is 0 Å². The van der Waals surface area contributed by atoms with Crippen molar-refractivity contribution in [3.8, 4) is 0 Å². The Morgan fingerprint density at radius 1 is 1.64 bits per heavy atom. The molecule has 0 saturated heterocycles. The fraction of sp³-hybridized carbons (Fsp3) is 0.875. The molecule has 1 aliphatic rings. The number of hydrogen-bond acceptors (Lipinski definition) is 2. The second-order valence-electron chi connectivity index (χ2n) is 3.24. The fourth-order valence-electron chi connectivity index (χ4n) is 1.06. The number of hydrogen-bond donors (Lipinski definition) is 2. The van der Waals surface area contributed by atoms with E-state index in [0.717, 1.165) is 19.3 Å². The first-order valence-corrected chi connectivity index (χ1v) is 4.14. The van der Waals surface area contributed by atoms with Crippen LogP contribution < -0.4 is 5.32 Å². The third-order valence-corrected chi connectivity index (χ3v) is 2.04. The van der Waals surface area contributed by atoms with Gasteiger partial charge in [-0.25, -0.2) is 0 Å². The number of carbonyl (C=O) groups excluding carboxylic acids is 1. The van der Waals surface area contributed by atoms with E-state index in [1.165, 1.54) is 0 Å². The van der Waals surface area contributed by atoms with Crippen molar-refractivity contribution < 1.29 is 9.90 Å². The van der Waals surface area contributed by atoms with E-state index in [2.05, 4.69) is 5.32 Å². The molecule has 0 bridgehead atoms. The van der Waals surface area contributed by atoms with Gasteiger partial charge in [0.1, 0.15) is 0 Å². The van der Waals surface area contributed by atoms with Crippen molar-refractivity contribution in [2.24, 2.45) is 0 Å². The van der Waals surface area contributed by atoms with E-state index in [1.807, 2.05) is 6.92 Å². The Bertz CT molecular complexity index is 152. The highest BCUT2D eigenvalue weighted by molar-refractivity contribution is 5.77. The number of aliphatic hydroxyl groups is 1. The van der Waals surface area contributed by atoms with Crippen molar-refractivity contribution >= 4 is 5.91 Å². The Morgan fingerprint density at radius 2 is 2.27 bits per heavy atom. The Hall–Kier alpha value is -0.570. The second-order valence-corrected chi connectivity index (χ2v) is 3.24. The lowest BCUT2D eigenvalue weighted by Gasteiger charge is -2.13. The van der Waals surface area contributed by atoms with Crippen LogP contribution in [0, 0.1) is 0 Å². The first-order chi connectivity index (χ1) is 5.22. The van der Waals surface area contributed by atoms with Crippen LogP contribution in [0.4, 0.5) is 0 Å². The van der Waals surface area contributed by atoms with Gasteiger partial charge in [0.25, 0.3) is 0 Å². The van der Waals surface area contributed by atoms with E-state index >= 15 is 0 Å². The molecule has 64 valence electrons. The Labute approximate surface area is 66.8 Å². The van der Waals surface area contributed by atoms with Gasteiger partial charge >= 0.3 is 0 Å². The zero-order valence-electron chi connectivity index (χ0n) is 6.89. The van der Waals surface area contributed by atoms with E-state index in [-0.39, 0.29) is 18.1 Å². The first-order valence-electron chi connectivity index (χ1n) is 4.14. The fourth-order valence-corrected chi connectivity index (χ4v) is 1.06. The van der Waals surface area contributed by atoms with Crippen LogP contribution in [0.3, 0.4) is 0 Å². The molecule has 2 N–H and O–H groups in total. The standard InChI is InChI=1S/C8H15NO2/c1-2-3-7(11)9-8(6-10)4-5-8/h10H,2-6H2,1H3,(H,9,11).